The van der Waals surface area contributed by atoms with Crippen molar-refractivity contribution in [3.05, 3.63) is 53.2 Å². The number of aryl methyl sites for hydroxylation is 1. The maximum atomic E-state index is 13.0. The smallest absolute Gasteiger partial charge is 0.251 e. The van der Waals surface area contributed by atoms with Crippen LogP contribution >= 0.6 is 0 Å². The van der Waals surface area contributed by atoms with Gasteiger partial charge in [-0.05, 0) is 75.7 Å². The molecule has 2 aromatic rings. The van der Waals surface area contributed by atoms with E-state index in [1.807, 2.05) is 48.2 Å². The van der Waals surface area contributed by atoms with Gasteiger partial charge in [0.2, 0.25) is 5.91 Å². The van der Waals surface area contributed by atoms with Gasteiger partial charge in [-0.25, -0.2) is 4.98 Å². The lowest BCUT2D eigenvalue weighted by Gasteiger charge is -2.44. The molecule has 2 amide bonds. The number of anilines is 2. The molecule has 170 valence electrons. The van der Waals surface area contributed by atoms with Crippen molar-refractivity contribution in [1.82, 2.24) is 15.6 Å². The lowest BCUT2D eigenvalue weighted by atomic mass is 9.82. The van der Waals surface area contributed by atoms with E-state index in [9.17, 15) is 9.59 Å². The Morgan fingerprint density at radius 1 is 1.12 bits per heavy atom. The summed E-state index contributed by atoms with van der Waals surface area (Å²) in [6.45, 7) is 9.62. The maximum absolute atomic E-state index is 13.0. The van der Waals surface area contributed by atoms with Gasteiger partial charge in [-0.2, -0.15) is 0 Å². The van der Waals surface area contributed by atoms with Gasteiger partial charge in [0.05, 0.1) is 6.04 Å². The normalized spacial score (nSPS) is 23.4. The predicted molar refractivity (Wildman–Crippen MR) is 127 cm³/mol. The van der Waals surface area contributed by atoms with Gasteiger partial charge in [0.25, 0.3) is 5.91 Å². The van der Waals surface area contributed by atoms with Crippen molar-refractivity contribution in [2.75, 3.05) is 23.3 Å². The van der Waals surface area contributed by atoms with Crippen molar-refractivity contribution >= 4 is 23.3 Å². The minimum Gasteiger partial charge on any atom is -0.363 e. The average Bonchev–Trinajstić information content (AvgIpc) is 2.77. The number of amides is 2. The highest BCUT2D eigenvalue weighted by molar-refractivity contribution is 5.98. The highest BCUT2D eigenvalue weighted by Crippen LogP contribution is 2.42. The molecule has 4 rings (SSSR count). The molecule has 1 fully saturated rings. The van der Waals surface area contributed by atoms with Gasteiger partial charge in [0.1, 0.15) is 5.82 Å². The second-order valence-electron chi connectivity index (χ2n) is 9.05. The first-order valence-corrected chi connectivity index (χ1v) is 11.5. The summed E-state index contributed by atoms with van der Waals surface area (Å²) < 4.78 is 0. The van der Waals surface area contributed by atoms with Crippen LogP contribution in [0.15, 0.2) is 36.4 Å². The third kappa shape index (κ3) is 4.48. The fraction of sp³-hybridized carbons (Fsp3) is 0.480. The SMILES string of the molecule is CC(=O)N1c2ccc(C(=O)NC3CCNCC3)cc2C(Nc2cccc(C)n2)[C@@H](C)[C@@H]1C. The topological polar surface area (TPSA) is 86.4 Å². The molecule has 1 aromatic carbocycles. The second-order valence-corrected chi connectivity index (χ2v) is 9.05. The summed E-state index contributed by atoms with van der Waals surface area (Å²) in [6, 6.07) is 11.7. The van der Waals surface area contributed by atoms with E-state index in [-0.39, 0.29) is 35.9 Å². The molecule has 3 N–H and O–H groups in total. The molecule has 3 atom stereocenters. The van der Waals surface area contributed by atoms with Crippen LogP contribution in [0.25, 0.3) is 0 Å². The number of hydrogen-bond acceptors (Lipinski definition) is 5. The summed E-state index contributed by atoms with van der Waals surface area (Å²) in [5, 5.41) is 10.1. The third-order valence-electron chi connectivity index (χ3n) is 6.78. The highest BCUT2D eigenvalue weighted by Gasteiger charge is 2.38. The summed E-state index contributed by atoms with van der Waals surface area (Å²) >= 11 is 0. The van der Waals surface area contributed by atoms with Crippen LogP contribution in [0.4, 0.5) is 11.5 Å². The van der Waals surface area contributed by atoms with Gasteiger partial charge in [0.15, 0.2) is 0 Å². The highest BCUT2D eigenvalue weighted by atomic mass is 16.2. The molecule has 1 saturated heterocycles. The van der Waals surface area contributed by atoms with Crippen LogP contribution in [-0.4, -0.2) is 42.0 Å². The van der Waals surface area contributed by atoms with E-state index in [0.717, 1.165) is 48.7 Å². The molecular formula is C25H33N5O2. The molecule has 0 saturated carbocycles. The molecule has 2 aliphatic heterocycles. The number of piperidine rings is 1. The quantitative estimate of drug-likeness (QED) is 0.685. The van der Waals surface area contributed by atoms with Crippen molar-refractivity contribution in [2.45, 2.75) is 58.7 Å². The molecule has 0 bridgehead atoms. The van der Waals surface area contributed by atoms with Gasteiger partial charge >= 0.3 is 0 Å². The van der Waals surface area contributed by atoms with Crippen LogP contribution in [-0.2, 0) is 4.79 Å². The summed E-state index contributed by atoms with van der Waals surface area (Å²) in [5.74, 6) is 0.856. The Bertz CT molecular complexity index is 1000. The average molecular weight is 436 g/mol. The van der Waals surface area contributed by atoms with Gasteiger partial charge < -0.3 is 20.9 Å². The van der Waals surface area contributed by atoms with Crippen LogP contribution in [0, 0.1) is 12.8 Å². The zero-order chi connectivity index (χ0) is 22.8. The number of pyridine rings is 1. The molecular weight excluding hydrogens is 402 g/mol. The van der Waals surface area contributed by atoms with Gasteiger partial charge in [-0.1, -0.05) is 13.0 Å². The van der Waals surface area contributed by atoms with Gasteiger partial charge in [-0.15, -0.1) is 0 Å². The molecule has 7 heteroatoms. The number of hydrogen-bond donors (Lipinski definition) is 3. The van der Waals surface area contributed by atoms with E-state index in [4.69, 9.17) is 0 Å². The van der Waals surface area contributed by atoms with Crippen molar-refractivity contribution < 1.29 is 9.59 Å². The van der Waals surface area contributed by atoms with Crippen LogP contribution in [0.2, 0.25) is 0 Å². The number of nitrogens with zero attached hydrogens (tertiary/aromatic N) is 2. The van der Waals surface area contributed by atoms with E-state index in [1.54, 1.807) is 6.92 Å². The van der Waals surface area contributed by atoms with E-state index < -0.39 is 0 Å². The van der Waals surface area contributed by atoms with Crippen molar-refractivity contribution in [2.24, 2.45) is 5.92 Å². The summed E-state index contributed by atoms with van der Waals surface area (Å²) in [5.41, 5.74) is 3.36. The number of nitrogens with one attached hydrogen (secondary N) is 3. The minimum atomic E-state index is -0.0727. The zero-order valence-corrected chi connectivity index (χ0v) is 19.3. The van der Waals surface area contributed by atoms with Crippen molar-refractivity contribution in [3.63, 3.8) is 0 Å². The first-order valence-electron chi connectivity index (χ1n) is 11.5. The maximum Gasteiger partial charge on any atom is 0.251 e. The Hall–Kier alpha value is -2.93. The fourth-order valence-electron chi connectivity index (χ4n) is 4.86. The summed E-state index contributed by atoms with van der Waals surface area (Å²) in [7, 11) is 0. The Labute approximate surface area is 190 Å². The van der Waals surface area contributed by atoms with E-state index >= 15 is 0 Å². The number of benzene rings is 1. The molecule has 0 aliphatic carbocycles. The summed E-state index contributed by atoms with van der Waals surface area (Å²) in [4.78, 5) is 32.0. The number of carbonyl (C=O) groups is 2. The first kappa shape index (κ1) is 22.3. The number of rotatable bonds is 4. The zero-order valence-electron chi connectivity index (χ0n) is 19.3. The Morgan fingerprint density at radius 2 is 1.88 bits per heavy atom. The molecule has 3 heterocycles. The Kier molecular flexibility index (Phi) is 6.46. The van der Waals surface area contributed by atoms with Crippen molar-refractivity contribution in [1.29, 1.82) is 0 Å². The molecule has 0 spiro atoms. The molecule has 32 heavy (non-hydrogen) atoms. The lowest BCUT2D eigenvalue weighted by Crippen LogP contribution is -2.48. The van der Waals surface area contributed by atoms with Crippen LogP contribution in [0.5, 0.6) is 0 Å². The minimum absolute atomic E-state index is 0.00429. The monoisotopic (exact) mass is 435 g/mol. The van der Waals surface area contributed by atoms with E-state index in [0.29, 0.717) is 5.56 Å². The van der Waals surface area contributed by atoms with Crippen molar-refractivity contribution in [3.8, 4) is 0 Å². The largest absolute Gasteiger partial charge is 0.363 e. The Balaban J connectivity index is 1.69. The molecule has 0 radical (unpaired) electrons. The third-order valence-corrected chi connectivity index (χ3v) is 6.78. The van der Waals surface area contributed by atoms with Crippen LogP contribution in [0.1, 0.15) is 61.3 Å². The molecule has 7 nitrogen and oxygen atoms in total. The number of fused-ring (bicyclic) bond motifs is 1. The van der Waals surface area contributed by atoms with Gasteiger partial charge in [0, 0.05) is 41.9 Å². The predicted octanol–water partition coefficient (Wildman–Crippen LogP) is 3.42. The van der Waals surface area contributed by atoms with E-state index in [2.05, 4.69) is 34.8 Å². The lowest BCUT2D eigenvalue weighted by molar-refractivity contribution is -0.117. The first-order chi connectivity index (χ1) is 15.3. The number of aromatic nitrogens is 1. The standard InChI is InChI=1S/C25H33N5O2/c1-15-6-5-7-23(27-15)29-24-16(2)17(3)30(18(4)31)22-9-8-19(14-21(22)24)25(32)28-20-10-12-26-13-11-20/h5-9,14,16-17,20,24,26H,10-13H2,1-4H3,(H,27,29)(H,28,32)/t16-,17-,24?/m0/s1. The molecule has 2 aliphatic rings. The molecule has 1 unspecified atom stereocenters. The molecule has 1 aromatic heterocycles. The van der Waals surface area contributed by atoms with Crippen LogP contribution < -0.4 is 20.9 Å². The van der Waals surface area contributed by atoms with Gasteiger partial charge in [-0.3, -0.25) is 9.59 Å². The fourth-order valence-corrected chi connectivity index (χ4v) is 4.86. The van der Waals surface area contributed by atoms with E-state index in [1.165, 1.54) is 0 Å². The number of carbonyl (C=O) groups excluding carboxylic acids is 2. The van der Waals surface area contributed by atoms with Crippen LogP contribution in [0.3, 0.4) is 0 Å². The summed E-state index contributed by atoms with van der Waals surface area (Å²) in [6.07, 6.45) is 1.87. The second kappa shape index (κ2) is 9.28. The Morgan fingerprint density at radius 3 is 2.56 bits per heavy atom.